The Bertz CT molecular complexity index is 1080. The molecule has 1 aromatic rings. The first-order chi connectivity index (χ1) is 15.1. The molecule has 2 fully saturated rings. The number of carbonyl (C=O) groups is 1. The maximum atomic E-state index is 15.0. The highest BCUT2D eigenvalue weighted by Crippen LogP contribution is 2.69. The van der Waals surface area contributed by atoms with Crippen LogP contribution in [0.5, 0.6) is 5.75 Å². The standard InChI is InChI=1S/C27H28F2O3/c1-3-27(28,29)26(32)13-12-23-21-10-6-17-14-19(31)9-11-20(17)24(21)22(15-25(23,26)2)16-4-7-18(30)8-5-16/h1,4-5,7-8,14,21-23,30,32H,6,9-13,15H2,2H3. The molecule has 5 rings (SSSR count). The molecule has 0 amide bonds. The lowest BCUT2D eigenvalue weighted by Crippen LogP contribution is -2.59. The van der Waals surface area contributed by atoms with Gasteiger partial charge < -0.3 is 10.2 Å². The minimum atomic E-state index is -3.61. The predicted octanol–water partition coefficient (Wildman–Crippen LogP) is 5.29. The quantitative estimate of drug-likeness (QED) is 0.617. The van der Waals surface area contributed by atoms with Crippen LogP contribution in [-0.4, -0.2) is 27.5 Å². The highest BCUT2D eigenvalue weighted by molar-refractivity contribution is 5.93. The molecule has 5 atom stereocenters. The van der Waals surface area contributed by atoms with E-state index in [1.54, 1.807) is 31.1 Å². The molecule has 2 N–H and O–H groups in total. The van der Waals surface area contributed by atoms with E-state index in [-0.39, 0.29) is 35.7 Å². The number of ketones is 1. The summed E-state index contributed by atoms with van der Waals surface area (Å²) in [5.41, 5.74) is 1.17. The SMILES string of the molecule is C#CC(F)(F)C1(O)CCC2C3CCC4=CC(=O)CCC4=C3C(c3ccc(O)cc3)CC21C. The first-order valence-corrected chi connectivity index (χ1v) is 11.4. The number of hydrogen-bond acceptors (Lipinski definition) is 3. The molecule has 0 spiro atoms. The van der Waals surface area contributed by atoms with E-state index in [1.807, 2.05) is 12.1 Å². The molecule has 5 heteroatoms. The van der Waals surface area contributed by atoms with Crippen molar-refractivity contribution in [2.75, 3.05) is 0 Å². The van der Waals surface area contributed by atoms with Crippen molar-refractivity contribution in [1.29, 1.82) is 0 Å². The number of benzene rings is 1. The van der Waals surface area contributed by atoms with Crippen LogP contribution in [0.15, 0.2) is 47.1 Å². The number of phenolic OH excluding ortho intramolecular Hbond substituents is 1. The number of allylic oxidation sites excluding steroid dienone is 4. The van der Waals surface area contributed by atoms with Gasteiger partial charge >= 0.3 is 5.92 Å². The zero-order valence-electron chi connectivity index (χ0n) is 18.2. The van der Waals surface area contributed by atoms with Gasteiger partial charge in [-0.2, -0.15) is 8.78 Å². The largest absolute Gasteiger partial charge is 0.508 e. The smallest absolute Gasteiger partial charge is 0.336 e. The maximum Gasteiger partial charge on any atom is 0.336 e. The van der Waals surface area contributed by atoms with E-state index in [0.717, 1.165) is 24.0 Å². The van der Waals surface area contributed by atoms with Crippen molar-refractivity contribution in [3.05, 3.63) is 52.6 Å². The van der Waals surface area contributed by atoms with Crippen molar-refractivity contribution in [2.24, 2.45) is 17.3 Å². The van der Waals surface area contributed by atoms with Gasteiger partial charge in [-0.05, 0) is 91.2 Å². The molecule has 0 radical (unpaired) electrons. The monoisotopic (exact) mass is 438 g/mol. The molecule has 1 aromatic carbocycles. The molecule has 0 heterocycles. The predicted molar refractivity (Wildman–Crippen MR) is 117 cm³/mol. The van der Waals surface area contributed by atoms with Gasteiger partial charge in [-0.1, -0.05) is 24.6 Å². The summed E-state index contributed by atoms with van der Waals surface area (Å²) in [6.45, 7) is 1.79. The fourth-order valence-electron chi connectivity index (χ4n) is 7.31. The highest BCUT2D eigenvalue weighted by atomic mass is 19.3. The summed E-state index contributed by atoms with van der Waals surface area (Å²) in [4.78, 5) is 12.1. The summed E-state index contributed by atoms with van der Waals surface area (Å²) in [6.07, 6.45) is 10.5. The lowest BCUT2D eigenvalue weighted by Gasteiger charge is -2.55. The van der Waals surface area contributed by atoms with Gasteiger partial charge in [-0.25, -0.2) is 0 Å². The van der Waals surface area contributed by atoms with E-state index in [1.165, 1.54) is 11.1 Å². The third-order valence-corrected chi connectivity index (χ3v) is 8.88. The van der Waals surface area contributed by atoms with Gasteiger partial charge in [0, 0.05) is 17.8 Å². The van der Waals surface area contributed by atoms with Crippen LogP contribution in [0, 0.1) is 29.6 Å². The van der Waals surface area contributed by atoms with Crippen LogP contribution < -0.4 is 0 Å². The molecule has 4 aliphatic carbocycles. The Morgan fingerprint density at radius 2 is 1.88 bits per heavy atom. The summed E-state index contributed by atoms with van der Waals surface area (Å²) in [6, 6.07) is 6.91. The number of terminal acetylenes is 1. The first-order valence-electron chi connectivity index (χ1n) is 11.4. The Labute approximate surface area is 187 Å². The van der Waals surface area contributed by atoms with Crippen molar-refractivity contribution < 1.29 is 23.8 Å². The van der Waals surface area contributed by atoms with Crippen LogP contribution in [-0.2, 0) is 4.79 Å². The number of aromatic hydroxyl groups is 1. The van der Waals surface area contributed by atoms with Crippen LogP contribution in [0.3, 0.4) is 0 Å². The van der Waals surface area contributed by atoms with E-state index in [0.29, 0.717) is 25.7 Å². The normalized spacial score (nSPS) is 36.7. The molecule has 2 saturated carbocycles. The molecule has 0 aliphatic heterocycles. The lowest BCUT2D eigenvalue weighted by molar-refractivity contribution is -0.209. The van der Waals surface area contributed by atoms with Gasteiger partial charge in [0.05, 0.1) is 0 Å². The van der Waals surface area contributed by atoms with E-state index in [9.17, 15) is 23.8 Å². The average molecular weight is 439 g/mol. The second-order valence-corrected chi connectivity index (χ2v) is 10.2. The zero-order valence-corrected chi connectivity index (χ0v) is 18.2. The fraction of sp³-hybridized carbons (Fsp3) is 0.519. The fourth-order valence-corrected chi connectivity index (χ4v) is 7.31. The van der Waals surface area contributed by atoms with Gasteiger partial charge in [-0.15, -0.1) is 6.42 Å². The van der Waals surface area contributed by atoms with Crippen LogP contribution in [0.1, 0.15) is 63.4 Å². The summed E-state index contributed by atoms with van der Waals surface area (Å²) < 4.78 is 30.0. The Morgan fingerprint density at radius 1 is 1.16 bits per heavy atom. The van der Waals surface area contributed by atoms with Gasteiger partial charge in [-0.3, -0.25) is 4.79 Å². The van der Waals surface area contributed by atoms with Crippen molar-refractivity contribution in [2.45, 2.75) is 69.3 Å². The molecular formula is C27H28F2O3. The lowest BCUT2D eigenvalue weighted by atomic mass is 9.50. The van der Waals surface area contributed by atoms with Gasteiger partial charge in [0.1, 0.15) is 11.4 Å². The van der Waals surface area contributed by atoms with Crippen LogP contribution >= 0.6 is 0 Å². The van der Waals surface area contributed by atoms with Crippen molar-refractivity contribution in [1.82, 2.24) is 0 Å². The minimum absolute atomic E-state index is 0.0199. The number of alkyl halides is 2. The number of hydrogen-bond donors (Lipinski definition) is 2. The Hall–Kier alpha value is -2.45. The molecule has 0 bridgehead atoms. The molecule has 4 aliphatic rings. The highest BCUT2D eigenvalue weighted by Gasteiger charge is 2.71. The second-order valence-electron chi connectivity index (χ2n) is 10.2. The summed E-state index contributed by atoms with van der Waals surface area (Å²) in [5.74, 6) is -1.93. The van der Waals surface area contributed by atoms with Gasteiger partial charge in [0.2, 0.25) is 0 Å². The number of halogens is 2. The van der Waals surface area contributed by atoms with Crippen LogP contribution in [0.25, 0.3) is 0 Å². The Morgan fingerprint density at radius 3 is 2.56 bits per heavy atom. The number of phenols is 1. The third-order valence-electron chi connectivity index (χ3n) is 8.88. The molecule has 168 valence electrons. The van der Waals surface area contributed by atoms with Crippen molar-refractivity contribution in [3.8, 4) is 18.1 Å². The van der Waals surface area contributed by atoms with Crippen molar-refractivity contribution >= 4 is 5.78 Å². The van der Waals surface area contributed by atoms with Crippen molar-refractivity contribution in [3.63, 3.8) is 0 Å². The van der Waals surface area contributed by atoms with E-state index in [2.05, 4.69) is 0 Å². The molecular weight excluding hydrogens is 410 g/mol. The summed E-state index contributed by atoms with van der Waals surface area (Å²) in [7, 11) is 0. The zero-order chi connectivity index (χ0) is 22.9. The number of rotatable bonds is 2. The molecule has 0 saturated heterocycles. The Balaban J connectivity index is 1.70. The number of fused-ring (bicyclic) bond motifs is 4. The topological polar surface area (TPSA) is 57.5 Å². The van der Waals surface area contributed by atoms with Gasteiger partial charge in [0.25, 0.3) is 0 Å². The molecule has 32 heavy (non-hydrogen) atoms. The third kappa shape index (κ3) is 2.78. The molecule has 3 nitrogen and oxygen atoms in total. The van der Waals surface area contributed by atoms with E-state index in [4.69, 9.17) is 6.42 Å². The first kappa shape index (κ1) is 21.4. The summed E-state index contributed by atoms with van der Waals surface area (Å²) >= 11 is 0. The average Bonchev–Trinajstić information content (AvgIpc) is 3.05. The number of carbonyl (C=O) groups excluding carboxylic acids is 1. The molecule has 5 unspecified atom stereocenters. The van der Waals surface area contributed by atoms with Gasteiger partial charge in [0.15, 0.2) is 5.78 Å². The number of aliphatic hydroxyl groups is 1. The molecule has 0 aromatic heterocycles. The Kier molecular flexibility index (Phi) is 4.70. The van der Waals surface area contributed by atoms with E-state index >= 15 is 0 Å². The van der Waals surface area contributed by atoms with Crippen LogP contribution in [0.2, 0.25) is 0 Å². The van der Waals surface area contributed by atoms with Crippen LogP contribution in [0.4, 0.5) is 8.78 Å². The van der Waals surface area contributed by atoms with E-state index < -0.39 is 16.9 Å². The second kappa shape index (κ2) is 7.02. The maximum absolute atomic E-state index is 15.0. The minimum Gasteiger partial charge on any atom is -0.508 e. The summed E-state index contributed by atoms with van der Waals surface area (Å²) in [5, 5.41) is 21.2.